The zero-order chi connectivity index (χ0) is 15.0. The number of ether oxygens (including phenoxy) is 1. The molecule has 1 fully saturated rings. The van der Waals surface area contributed by atoms with Crippen molar-refractivity contribution in [2.75, 3.05) is 7.11 Å². The lowest BCUT2D eigenvalue weighted by atomic mass is 9.86. The molecular weight excluding hydrogens is 262 g/mol. The van der Waals surface area contributed by atoms with Crippen molar-refractivity contribution in [1.29, 1.82) is 0 Å². The number of hydrogen-bond donors (Lipinski definition) is 1. The Kier molecular flexibility index (Phi) is 4.46. The summed E-state index contributed by atoms with van der Waals surface area (Å²) in [7, 11) is -0.627. The molecule has 1 N–H and O–H groups in total. The molecule has 19 heavy (non-hydrogen) atoms. The number of rotatable bonds is 4. The van der Waals surface area contributed by atoms with Crippen molar-refractivity contribution in [2.45, 2.75) is 58.0 Å². The molecule has 1 heterocycles. The largest absolute Gasteiger partial charge is 0.467 e. The molecule has 1 aliphatic rings. The van der Waals surface area contributed by atoms with Crippen LogP contribution in [-0.2, 0) is 18.8 Å². The molecule has 0 radical (unpaired) electrons. The van der Waals surface area contributed by atoms with E-state index in [1.54, 1.807) is 0 Å². The highest BCUT2D eigenvalue weighted by Gasteiger charge is 2.50. The smallest absolute Gasteiger partial charge is 0.329 e. The Bertz CT molecular complexity index is 375. The molecule has 0 aromatic rings. The summed E-state index contributed by atoms with van der Waals surface area (Å²) in [5.74, 6) is -0.988. The summed E-state index contributed by atoms with van der Waals surface area (Å²) in [5, 5.41) is 2.64. The molecule has 0 aromatic heterocycles. The second-order valence-corrected chi connectivity index (χ2v) is 11.4. The normalized spacial score (nSPS) is 25.3. The highest BCUT2D eigenvalue weighted by atomic mass is 28.4. The van der Waals surface area contributed by atoms with E-state index in [0.717, 1.165) is 0 Å². The van der Waals surface area contributed by atoms with Gasteiger partial charge < -0.3 is 14.5 Å². The summed E-state index contributed by atoms with van der Waals surface area (Å²) < 4.78 is 10.9. The van der Waals surface area contributed by atoms with E-state index in [4.69, 9.17) is 4.43 Å². The van der Waals surface area contributed by atoms with Gasteiger partial charge in [-0.25, -0.2) is 4.79 Å². The van der Waals surface area contributed by atoms with Crippen molar-refractivity contribution in [1.82, 2.24) is 5.32 Å². The topological polar surface area (TPSA) is 64.6 Å². The molecule has 1 rings (SSSR count). The Morgan fingerprint density at radius 2 is 1.89 bits per heavy atom. The maximum atomic E-state index is 11.7. The van der Waals surface area contributed by atoms with Crippen molar-refractivity contribution in [3.8, 4) is 0 Å². The maximum absolute atomic E-state index is 11.7. The van der Waals surface area contributed by atoms with Crippen LogP contribution in [-0.4, -0.2) is 39.4 Å². The van der Waals surface area contributed by atoms with Crippen molar-refractivity contribution in [3.05, 3.63) is 0 Å². The summed E-state index contributed by atoms with van der Waals surface area (Å²) >= 11 is 0. The Balaban J connectivity index is 2.75. The number of carbonyl (C=O) groups is 2. The van der Waals surface area contributed by atoms with Crippen molar-refractivity contribution >= 4 is 20.2 Å². The molecule has 110 valence electrons. The average molecular weight is 287 g/mol. The zero-order valence-electron chi connectivity index (χ0n) is 12.9. The zero-order valence-corrected chi connectivity index (χ0v) is 13.9. The van der Waals surface area contributed by atoms with Gasteiger partial charge in [0.05, 0.1) is 19.1 Å². The van der Waals surface area contributed by atoms with E-state index in [-0.39, 0.29) is 17.0 Å². The Morgan fingerprint density at radius 1 is 1.37 bits per heavy atom. The molecule has 1 saturated heterocycles. The number of esters is 1. The molecule has 1 aliphatic heterocycles. The molecule has 6 heteroatoms. The Hall–Kier alpha value is -0.883. The van der Waals surface area contributed by atoms with E-state index in [1.165, 1.54) is 7.11 Å². The number of β-lactam (4-membered cyclic amide) rings is 1. The van der Waals surface area contributed by atoms with Crippen molar-refractivity contribution in [2.24, 2.45) is 5.92 Å². The first-order valence-electron chi connectivity index (χ1n) is 6.57. The number of methoxy groups -OCH3 is 1. The average Bonchev–Trinajstić information content (AvgIpc) is 2.22. The lowest BCUT2D eigenvalue weighted by Gasteiger charge is -2.44. The molecule has 0 bridgehead atoms. The van der Waals surface area contributed by atoms with Crippen molar-refractivity contribution in [3.63, 3.8) is 0 Å². The fourth-order valence-electron chi connectivity index (χ4n) is 1.93. The van der Waals surface area contributed by atoms with E-state index in [2.05, 4.69) is 43.9 Å². The van der Waals surface area contributed by atoms with Crippen LogP contribution < -0.4 is 5.32 Å². The van der Waals surface area contributed by atoms with Crippen LogP contribution in [0.3, 0.4) is 0 Å². The quantitative estimate of drug-likeness (QED) is 0.485. The predicted molar refractivity (Wildman–Crippen MR) is 75.2 cm³/mol. The first-order valence-corrected chi connectivity index (χ1v) is 9.48. The number of amides is 1. The molecule has 0 aromatic carbocycles. The molecule has 3 unspecified atom stereocenters. The first-order chi connectivity index (χ1) is 8.51. The van der Waals surface area contributed by atoms with E-state index >= 15 is 0 Å². The second kappa shape index (κ2) is 5.24. The van der Waals surface area contributed by atoms with E-state index in [0.29, 0.717) is 0 Å². The highest BCUT2D eigenvalue weighted by molar-refractivity contribution is 6.74. The maximum Gasteiger partial charge on any atom is 0.329 e. The van der Waals surface area contributed by atoms with E-state index in [9.17, 15) is 9.59 Å². The number of nitrogens with one attached hydrogen (secondary N) is 1. The third-order valence-electron chi connectivity index (χ3n) is 4.21. The van der Waals surface area contributed by atoms with Crippen LogP contribution in [0.1, 0.15) is 27.7 Å². The minimum absolute atomic E-state index is 0.0717. The summed E-state index contributed by atoms with van der Waals surface area (Å²) in [4.78, 5) is 23.2. The van der Waals surface area contributed by atoms with Crippen molar-refractivity contribution < 1.29 is 18.8 Å². The van der Waals surface area contributed by atoms with Gasteiger partial charge in [0.25, 0.3) is 0 Å². The third kappa shape index (κ3) is 3.17. The predicted octanol–water partition coefficient (Wildman–Crippen LogP) is 1.68. The van der Waals surface area contributed by atoms with Gasteiger partial charge in [-0.2, -0.15) is 0 Å². The third-order valence-corrected chi connectivity index (χ3v) is 8.78. The Labute approximate surface area is 116 Å². The van der Waals surface area contributed by atoms with E-state index in [1.807, 2.05) is 6.92 Å². The minimum atomic E-state index is -1.95. The number of hydrogen-bond acceptors (Lipinski definition) is 4. The fourth-order valence-corrected chi connectivity index (χ4v) is 3.36. The summed E-state index contributed by atoms with van der Waals surface area (Å²) in [6.07, 6.45) is -0.279. The van der Waals surface area contributed by atoms with Crippen LogP contribution in [0.25, 0.3) is 0 Å². The molecule has 3 atom stereocenters. The van der Waals surface area contributed by atoms with Gasteiger partial charge >= 0.3 is 5.97 Å². The fraction of sp³-hybridized carbons (Fsp3) is 0.846. The van der Waals surface area contributed by atoms with Gasteiger partial charge in [0.15, 0.2) is 8.32 Å². The van der Waals surface area contributed by atoms with Gasteiger partial charge in [-0.15, -0.1) is 0 Å². The monoisotopic (exact) mass is 287 g/mol. The van der Waals surface area contributed by atoms with Gasteiger partial charge in [0.1, 0.15) is 6.04 Å². The van der Waals surface area contributed by atoms with Crippen LogP contribution in [0.2, 0.25) is 18.1 Å². The van der Waals surface area contributed by atoms with Gasteiger partial charge in [0, 0.05) is 0 Å². The lowest BCUT2D eigenvalue weighted by molar-refractivity contribution is -0.159. The van der Waals surface area contributed by atoms with Gasteiger partial charge in [-0.3, -0.25) is 4.79 Å². The second-order valence-electron chi connectivity index (χ2n) is 6.62. The van der Waals surface area contributed by atoms with Crippen LogP contribution in [0, 0.1) is 5.92 Å². The summed E-state index contributed by atoms with van der Waals surface area (Å²) in [6, 6.07) is -0.572. The standard InChI is InChI=1S/C13H25NO4Si/c1-8(18-19(6,7)13(2,3)4)9-10(12(16)17-5)14-11(9)15/h8-10H,1-7H3,(H,14,15). The molecule has 0 aliphatic carbocycles. The van der Waals surface area contributed by atoms with Gasteiger partial charge in [-0.05, 0) is 25.1 Å². The molecular formula is C13H25NO4Si. The SMILES string of the molecule is COC(=O)C1NC(=O)C1C(C)O[Si](C)(C)C(C)(C)C. The lowest BCUT2D eigenvalue weighted by Crippen LogP contribution is -2.66. The van der Waals surface area contributed by atoms with E-state index < -0.39 is 26.2 Å². The molecule has 5 nitrogen and oxygen atoms in total. The van der Waals surface area contributed by atoms with Gasteiger partial charge in [0.2, 0.25) is 5.91 Å². The Morgan fingerprint density at radius 3 is 2.26 bits per heavy atom. The van der Waals surface area contributed by atoms with Gasteiger partial charge in [-0.1, -0.05) is 20.8 Å². The molecule has 1 amide bonds. The summed E-state index contributed by atoms with van der Waals surface area (Å²) in [5.41, 5.74) is 0. The highest BCUT2D eigenvalue weighted by Crippen LogP contribution is 2.39. The van der Waals surface area contributed by atoms with Crippen LogP contribution in [0.4, 0.5) is 0 Å². The van der Waals surface area contributed by atoms with Crippen LogP contribution in [0.5, 0.6) is 0 Å². The van der Waals surface area contributed by atoms with Crippen LogP contribution >= 0.6 is 0 Å². The first kappa shape index (κ1) is 16.2. The van der Waals surface area contributed by atoms with Crippen LogP contribution in [0.15, 0.2) is 0 Å². The number of carbonyl (C=O) groups excluding carboxylic acids is 2. The molecule has 0 saturated carbocycles. The summed E-state index contributed by atoms with van der Waals surface area (Å²) in [6.45, 7) is 12.6. The minimum Gasteiger partial charge on any atom is -0.467 e. The molecule has 0 spiro atoms.